The smallest absolute Gasteiger partial charge is 0.118 e. The molecule has 4 heteroatoms. The van der Waals surface area contributed by atoms with Gasteiger partial charge in [0.1, 0.15) is 11.5 Å². The summed E-state index contributed by atoms with van der Waals surface area (Å²) < 4.78 is 5.96. The highest BCUT2D eigenvalue weighted by Crippen LogP contribution is 2.21. The van der Waals surface area contributed by atoms with E-state index in [9.17, 15) is 0 Å². The molecular weight excluding hydrogens is 262 g/mol. The maximum atomic E-state index is 5.96. The quantitative estimate of drug-likeness (QED) is 0.798. The number of hydrogen-bond donors (Lipinski definition) is 1. The highest BCUT2D eigenvalue weighted by Gasteiger charge is 2.25. The first-order valence-electron chi connectivity index (χ1n) is 8.21. The van der Waals surface area contributed by atoms with E-state index in [2.05, 4.69) is 55.2 Å². The van der Waals surface area contributed by atoms with E-state index in [1.807, 2.05) is 0 Å². The summed E-state index contributed by atoms with van der Waals surface area (Å²) in [5.41, 5.74) is 0. The molecule has 0 bridgehead atoms. The average Bonchev–Trinajstić information content (AvgIpc) is 3.00. The maximum Gasteiger partial charge on any atom is 0.118 e. The zero-order chi connectivity index (χ0) is 15.2. The molecule has 1 atom stereocenters. The molecule has 0 aliphatic carbocycles. The fraction of sp³-hybridized carbons (Fsp3) is 0.765. The fourth-order valence-corrected chi connectivity index (χ4v) is 3.02. The van der Waals surface area contributed by atoms with Crippen molar-refractivity contribution in [2.45, 2.75) is 45.8 Å². The van der Waals surface area contributed by atoms with Crippen LogP contribution in [-0.4, -0.2) is 49.6 Å². The molecule has 1 saturated heterocycles. The molecule has 0 aromatic carbocycles. The summed E-state index contributed by atoms with van der Waals surface area (Å²) in [4.78, 5) is 4.84. The van der Waals surface area contributed by atoms with Crippen molar-refractivity contribution in [1.82, 2.24) is 15.1 Å². The first-order valence-corrected chi connectivity index (χ1v) is 8.21. The molecule has 1 aromatic rings. The molecule has 1 aliphatic heterocycles. The van der Waals surface area contributed by atoms with Crippen molar-refractivity contribution in [2.75, 3.05) is 33.7 Å². The van der Waals surface area contributed by atoms with Gasteiger partial charge in [-0.2, -0.15) is 0 Å². The van der Waals surface area contributed by atoms with E-state index in [1.165, 1.54) is 19.4 Å². The van der Waals surface area contributed by atoms with Crippen LogP contribution in [0.3, 0.4) is 0 Å². The van der Waals surface area contributed by atoms with Gasteiger partial charge in [0, 0.05) is 12.6 Å². The summed E-state index contributed by atoms with van der Waals surface area (Å²) in [5, 5.41) is 3.43. The molecule has 0 radical (unpaired) electrons. The van der Waals surface area contributed by atoms with Gasteiger partial charge in [0.05, 0.1) is 13.1 Å². The van der Waals surface area contributed by atoms with Crippen molar-refractivity contribution in [3.63, 3.8) is 0 Å². The Morgan fingerprint density at radius 2 is 2.10 bits per heavy atom. The molecule has 4 nitrogen and oxygen atoms in total. The Kier molecular flexibility index (Phi) is 6.27. The van der Waals surface area contributed by atoms with Crippen LogP contribution in [0, 0.1) is 5.92 Å². The van der Waals surface area contributed by atoms with Gasteiger partial charge < -0.3 is 14.6 Å². The topological polar surface area (TPSA) is 31.6 Å². The summed E-state index contributed by atoms with van der Waals surface area (Å²) in [7, 11) is 4.31. The molecule has 1 aliphatic rings. The molecule has 1 N–H and O–H groups in total. The summed E-state index contributed by atoms with van der Waals surface area (Å²) in [6.07, 6.45) is 2.61. The van der Waals surface area contributed by atoms with Gasteiger partial charge in [-0.3, -0.25) is 4.90 Å². The van der Waals surface area contributed by atoms with Crippen LogP contribution < -0.4 is 5.32 Å². The second kappa shape index (κ2) is 7.97. The van der Waals surface area contributed by atoms with Gasteiger partial charge in [-0.1, -0.05) is 13.8 Å². The number of likely N-dealkylation sites (N-methyl/N-ethyl adjacent to an activating group) is 1. The Labute approximate surface area is 129 Å². The lowest BCUT2D eigenvalue weighted by molar-refractivity contribution is 0.187. The van der Waals surface area contributed by atoms with E-state index in [0.29, 0.717) is 12.0 Å². The molecule has 120 valence electrons. The van der Waals surface area contributed by atoms with Gasteiger partial charge >= 0.3 is 0 Å². The van der Waals surface area contributed by atoms with Crippen LogP contribution in [-0.2, 0) is 13.1 Å². The number of nitrogens with zero attached hydrogens (tertiary/aromatic N) is 2. The standard InChI is InChI=1S/C17H31N3O/c1-14(2)10-18-11-16-7-8-17(21-16)13-20-9-5-6-15(20)12-19(3)4/h7-8,14-15,18H,5-6,9-13H2,1-4H3. The van der Waals surface area contributed by atoms with Gasteiger partial charge in [-0.15, -0.1) is 0 Å². The third-order valence-corrected chi connectivity index (χ3v) is 4.00. The molecule has 2 heterocycles. The molecular formula is C17H31N3O. The Bertz CT molecular complexity index is 414. The van der Waals surface area contributed by atoms with Crippen molar-refractivity contribution in [1.29, 1.82) is 0 Å². The van der Waals surface area contributed by atoms with Crippen LogP contribution >= 0.6 is 0 Å². The molecule has 0 spiro atoms. The van der Waals surface area contributed by atoms with Crippen LogP contribution in [0.15, 0.2) is 16.5 Å². The number of nitrogens with one attached hydrogen (secondary N) is 1. The fourth-order valence-electron chi connectivity index (χ4n) is 3.02. The van der Waals surface area contributed by atoms with Crippen LogP contribution in [0.2, 0.25) is 0 Å². The predicted molar refractivity (Wildman–Crippen MR) is 87.2 cm³/mol. The second-order valence-corrected chi connectivity index (χ2v) is 6.92. The van der Waals surface area contributed by atoms with Gasteiger partial charge in [0.15, 0.2) is 0 Å². The Morgan fingerprint density at radius 3 is 2.81 bits per heavy atom. The van der Waals surface area contributed by atoms with Gasteiger partial charge in [-0.25, -0.2) is 0 Å². The Hall–Kier alpha value is -0.840. The van der Waals surface area contributed by atoms with Crippen LogP contribution in [0.1, 0.15) is 38.2 Å². The monoisotopic (exact) mass is 293 g/mol. The first-order chi connectivity index (χ1) is 10.0. The molecule has 21 heavy (non-hydrogen) atoms. The van der Waals surface area contributed by atoms with Crippen molar-refractivity contribution in [3.05, 3.63) is 23.7 Å². The highest BCUT2D eigenvalue weighted by atomic mass is 16.3. The number of rotatable bonds is 8. The molecule has 2 rings (SSSR count). The van der Waals surface area contributed by atoms with Gasteiger partial charge in [-0.05, 0) is 58.1 Å². The molecule has 0 amide bonds. The van der Waals surface area contributed by atoms with Crippen molar-refractivity contribution in [3.8, 4) is 0 Å². The zero-order valence-electron chi connectivity index (χ0n) is 14.1. The number of likely N-dealkylation sites (tertiary alicyclic amines) is 1. The summed E-state index contributed by atoms with van der Waals surface area (Å²) in [5.74, 6) is 2.83. The van der Waals surface area contributed by atoms with E-state index >= 15 is 0 Å². The number of furan rings is 1. The van der Waals surface area contributed by atoms with Crippen molar-refractivity contribution < 1.29 is 4.42 Å². The third kappa shape index (κ3) is 5.46. The average molecular weight is 293 g/mol. The van der Waals surface area contributed by atoms with Crippen molar-refractivity contribution >= 4 is 0 Å². The minimum Gasteiger partial charge on any atom is -0.463 e. The van der Waals surface area contributed by atoms with E-state index in [4.69, 9.17) is 4.42 Å². The SMILES string of the molecule is CC(C)CNCc1ccc(CN2CCCC2CN(C)C)o1. The number of hydrogen-bond acceptors (Lipinski definition) is 4. The van der Waals surface area contributed by atoms with E-state index < -0.39 is 0 Å². The van der Waals surface area contributed by atoms with Crippen LogP contribution in [0.25, 0.3) is 0 Å². The lowest BCUT2D eigenvalue weighted by Gasteiger charge is -2.26. The largest absolute Gasteiger partial charge is 0.463 e. The van der Waals surface area contributed by atoms with Gasteiger partial charge in [0.25, 0.3) is 0 Å². The lowest BCUT2D eigenvalue weighted by atomic mass is 10.2. The first kappa shape index (κ1) is 16.5. The van der Waals surface area contributed by atoms with Crippen molar-refractivity contribution in [2.24, 2.45) is 5.92 Å². The maximum absolute atomic E-state index is 5.96. The Morgan fingerprint density at radius 1 is 1.33 bits per heavy atom. The molecule has 0 saturated carbocycles. The van der Waals surface area contributed by atoms with Crippen LogP contribution in [0.5, 0.6) is 0 Å². The minimum atomic E-state index is 0.674. The second-order valence-electron chi connectivity index (χ2n) is 6.92. The van der Waals surface area contributed by atoms with Gasteiger partial charge in [0.2, 0.25) is 0 Å². The zero-order valence-corrected chi connectivity index (χ0v) is 14.1. The molecule has 1 aromatic heterocycles. The summed E-state index contributed by atoms with van der Waals surface area (Å²) in [6, 6.07) is 4.92. The Balaban J connectivity index is 1.81. The predicted octanol–water partition coefficient (Wildman–Crippen LogP) is 2.55. The lowest BCUT2D eigenvalue weighted by Crippen LogP contribution is -2.36. The van der Waals surface area contributed by atoms with E-state index in [0.717, 1.165) is 37.7 Å². The normalized spacial score (nSPS) is 20.0. The van der Waals surface area contributed by atoms with E-state index in [1.54, 1.807) is 0 Å². The summed E-state index contributed by atoms with van der Waals surface area (Å²) >= 11 is 0. The van der Waals surface area contributed by atoms with Crippen LogP contribution in [0.4, 0.5) is 0 Å². The molecule has 1 fully saturated rings. The summed E-state index contributed by atoms with van der Waals surface area (Å²) in [6.45, 7) is 9.59. The third-order valence-electron chi connectivity index (χ3n) is 4.00. The highest BCUT2D eigenvalue weighted by molar-refractivity contribution is 5.07. The minimum absolute atomic E-state index is 0.674. The molecule has 1 unspecified atom stereocenters. The van der Waals surface area contributed by atoms with E-state index in [-0.39, 0.29) is 0 Å².